The Balaban J connectivity index is 2.56. The molecule has 2 atom stereocenters. The molecule has 1 rings (SSSR count). The average Bonchev–Trinajstić information content (AvgIpc) is 2.70. The summed E-state index contributed by atoms with van der Waals surface area (Å²) in [6.45, 7) is 1.64. The number of hydrogen-bond acceptors (Lipinski definition) is 3. The van der Waals surface area contributed by atoms with Crippen LogP contribution in [0.1, 0.15) is 25.7 Å². The molecule has 0 aliphatic carbocycles. The van der Waals surface area contributed by atoms with Gasteiger partial charge in [0.05, 0.1) is 0 Å². The molecule has 1 saturated heterocycles. The van der Waals surface area contributed by atoms with E-state index in [2.05, 4.69) is 13.2 Å². The number of rotatable bonds is 6. The summed E-state index contributed by atoms with van der Waals surface area (Å²) in [6.07, 6.45) is 4.55. The van der Waals surface area contributed by atoms with Crippen molar-refractivity contribution >= 4 is 13.8 Å². The van der Waals surface area contributed by atoms with Crippen molar-refractivity contribution in [2.45, 2.75) is 37.5 Å². The highest BCUT2D eigenvalue weighted by atomic mass is 16.4. The van der Waals surface area contributed by atoms with Crippen LogP contribution in [-0.2, 0) is 4.79 Å². The minimum absolute atomic E-state index is 0.0897. The van der Waals surface area contributed by atoms with Crippen molar-refractivity contribution in [1.29, 1.82) is 0 Å². The molecule has 86 valence electrons. The largest absolute Gasteiger partial charge is 0.480 e. The zero-order chi connectivity index (χ0) is 11.3. The maximum absolute atomic E-state index is 11.2. The molecule has 4 nitrogen and oxygen atoms in total. The zero-order valence-corrected chi connectivity index (χ0v) is 9.46. The predicted molar refractivity (Wildman–Crippen MR) is 62.7 cm³/mol. The minimum Gasteiger partial charge on any atom is -0.480 e. The molecule has 0 spiro atoms. The lowest BCUT2D eigenvalue weighted by molar-refractivity contribution is -0.145. The molecule has 1 unspecified atom stereocenters. The summed E-state index contributed by atoms with van der Waals surface area (Å²) in [5.41, 5.74) is 5.03. The van der Waals surface area contributed by atoms with Crippen LogP contribution < -0.4 is 11.1 Å². The number of nitrogens with one attached hydrogen (secondary N) is 1. The van der Waals surface area contributed by atoms with E-state index in [-0.39, 0.29) is 5.92 Å². The van der Waals surface area contributed by atoms with Gasteiger partial charge >= 0.3 is 5.97 Å². The molecule has 1 aliphatic heterocycles. The van der Waals surface area contributed by atoms with Gasteiger partial charge in [-0.3, -0.25) is 4.79 Å². The van der Waals surface area contributed by atoms with E-state index in [0.29, 0.717) is 6.42 Å². The van der Waals surface area contributed by atoms with Gasteiger partial charge in [-0.15, -0.1) is 0 Å². The van der Waals surface area contributed by atoms with Crippen LogP contribution in [0.3, 0.4) is 0 Å². The van der Waals surface area contributed by atoms with Crippen molar-refractivity contribution in [2.24, 2.45) is 11.7 Å². The van der Waals surface area contributed by atoms with Crippen LogP contribution in [0.2, 0.25) is 6.32 Å². The molecule has 1 fully saturated rings. The fourth-order valence-electron chi connectivity index (χ4n) is 2.25. The summed E-state index contributed by atoms with van der Waals surface area (Å²) in [5, 5.41) is 12.4. The maximum Gasteiger partial charge on any atom is 0.324 e. The number of carbonyl (C=O) groups is 1. The SMILES string of the molecule is BCCCCC(N)(C(=O)O)[C@@H]1CCNC1. The third-order valence-corrected chi connectivity index (χ3v) is 3.38. The van der Waals surface area contributed by atoms with Crippen LogP contribution in [0.15, 0.2) is 0 Å². The minimum atomic E-state index is -1.02. The molecular weight excluding hydrogens is 191 g/mol. The fraction of sp³-hybridized carbons (Fsp3) is 0.900. The number of aliphatic carboxylic acids is 1. The van der Waals surface area contributed by atoms with Crippen LogP contribution in [0.5, 0.6) is 0 Å². The molecule has 4 N–H and O–H groups in total. The first-order valence-corrected chi connectivity index (χ1v) is 5.84. The van der Waals surface area contributed by atoms with Gasteiger partial charge in [0.15, 0.2) is 0 Å². The van der Waals surface area contributed by atoms with E-state index in [0.717, 1.165) is 38.7 Å². The van der Waals surface area contributed by atoms with Gasteiger partial charge in [0, 0.05) is 12.5 Å². The van der Waals surface area contributed by atoms with Crippen LogP contribution in [0.25, 0.3) is 0 Å². The normalized spacial score (nSPS) is 25.0. The Morgan fingerprint density at radius 3 is 2.80 bits per heavy atom. The van der Waals surface area contributed by atoms with Gasteiger partial charge in [0.2, 0.25) is 0 Å². The second-order valence-corrected chi connectivity index (χ2v) is 4.49. The van der Waals surface area contributed by atoms with Gasteiger partial charge in [0.25, 0.3) is 0 Å². The van der Waals surface area contributed by atoms with E-state index in [9.17, 15) is 9.90 Å². The summed E-state index contributed by atoms with van der Waals surface area (Å²) in [4.78, 5) is 11.2. The third-order valence-electron chi connectivity index (χ3n) is 3.38. The Hall–Kier alpha value is -0.545. The molecule has 0 aromatic carbocycles. The highest BCUT2D eigenvalue weighted by molar-refractivity contribution is 6.08. The number of hydrogen-bond donors (Lipinski definition) is 3. The number of unbranched alkanes of at least 4 members (excludes halogenated alkanes) is 1. The topological polar surface area (TPSA) is 75.4 Å². The lowest BCUT2D eigenvalue weighted by atomic mass is 9.79. The summed E-state index contributed by atoms with van der Waals surface area (Å²) < 4.78 is 0. The number of carboxylic acids is 1. The molecule has 1 heterocycles. The summed E-state index contributed by atoms with van der Waals surface area (Å²) in [5.74, 6) is -0.751. The first kappa shape index (κ1) is 12.5. The van der Waals surface area contributed by atoms with Gasteiger partial charge < -0.3 is 16.2 Å². The van der Waals surface area contributed by atoms with E-state index in [1.807, 2.05) is 0 Å². The van der Waals surface area contributed by atoms with Crippen molar-refractivity contribution in [3.63, 3.8) is 0 Å². The zero-order valence-electron chi connectivity index (χ0n) is 9.46. The van der Waals surface area contributed by atoms with E-state index < -0.39 is 11.5 Å². The molecule has 0 bridgehead atoms. The Morgan fingerprint density at radius 2 is 2.33 bits per heavy atom. The quantitative estimate of drug-likeness (QED) is 0.413. The van der Waals surface area contributed by atoms with Crippen LogP contribution in [-0.4, -0.2) is 37.6 Å². The Labute approximate surface area is 92.0 Å². The third kappa shape index (κ3) is 2.95. The van der Waals surface area contributed by atoms with E-state index >= 15 is 0 Å². The Kier molecular flexibility index (Phi) is 4.60. The van der Waals surface area contributed by atoms with Crippen molar-refractivity contribution < 1.29 is 9.90 Å². The number of carboxylic acid groups (broad SMARTS) is 1. The highest BCUT2D eigenvalue weighted by Crippen LogP contribution is 2.27. The lowest BCUT2D eigenvalue weighted by Gasteiger charge is -2.30. The summed E-state index contributed by atoms with van der Waals surface area (Å²) >= 11 is 0. The van der Waals surface area contributed by atoms with Gasteiger partial charge in [0.1, 0.15) is 13.4 Å². The van der Waals surface area contributed by atoms with E-state index in [1.54, 1.807) is 0 Å². The molecule has 5 heteroatoms. The van der Waals surface area contributed by atoms with E-state index in [1.165, 1.54) is 0 Å². The average molecular weight is 212 g/mol. The smallest absolute Gasteiger partial charge is 0.324 e. The summed E-state index contributed by atoms with van der Waals surface area (Å²) in [6, 6.07) is 0. The number of nitrogens with two attached hydrogens (primary N) is 1. The van der Waals surface area contributed by atoms with Crippen molar-refractivity contribution in [3.8, 4) is 0 Å². The molecule has 0 saturated carbocycles. The van der Waals surface area contributed by atoms with Crippen molar-refractivity contribution in [3.05, 3.63) is 0 Å². The molecule has 15 heavy (non-hydrogen) atoms. The monoisotopic (exact) mass is 212 g/mol. The van der Waals surface area contributed by atoms with Gasteiger partial charge in [-0.1, -0.05) is 19.2 Å². The van der Waals surface area contributed by atoms with Gasteiger partial charge in [-0.05, 0) is 19.4 Å². The lowest BCUT2D eigenvalue weighted by Crippen LogP contribution is -2.54. The molecular formula is C10H21BN2O2. The predicted octanol–water partition coefficient (Wildman–Crippen LogP) is -0.400. The maximum atomic E-state index is 11.2. The fourth-order valence-corrected chi connectivity index (χ4v) is 2.25. The first-order chi connectivity index (χ1) is 7.11. The van der Waals surface area contributed by atoms with Crippen LogP contribution in [0, 0.1) is 5.92 Å². The molecule has 1 aliphatic rings. The highest BCUT2D eigenvalue weighted by Gasteiger charge is 2.42. The van der Waals surface area contributed by atoms with Gasteiger partial charge in [-0.2, -0.15) is 0 Å². The molecule has 0 aromatic heterocycles. The molecule has 0 aromatic rings. The molecule has 0 radical (unpaired) electrons. The Bertz CT molecular complexity index is 219. The van der Waals surface area contributed by atoms with E-state index in [4.69, 9.17) is 5.73 Å². The van der Waals surface area contributed by atoms with Crippen molar-refractivity contribution in [1.82, 2.24) is 5.32 Å². The Morgan fingerprint density at radius 1 is 1.60 bits per heavy atom. The second kappa shape index (κ2) is 5.51. The standard InChI is InChI=1S/C10H21BN2O2/c11-5-2-1-4-10(12,9(14)15)8-3-6-13-7-8/h8,13H,1-7,11-12H2,(H,14,15)/t8-,10?/m1/s1. The van der Waals surface area contributed by atoms with Crippen LogP contribution >= 0.6 is 0 Å². The van der Waals surface area contributed by atoms with Crippen molar-refractivity contribution in [2.75, 3.05) is 13.1 Å². The second-order valence-electron chi connectivity index (χ2n) is 4.49. The van der Waals surface area contributed by atoms with Crippen LogP contribution in [0.4, 0.5) is 0 Å². The first-order valence-electron chi connectivity index (χ1n) is 5.84. The summed E-state index contributed by atoms with van der Waals surface area (Å²) in [7, 11) is 2.11. The van der Waals surface area contributed by atoms with Gasteiger partial charge in [-0.25, -0.2) is 0 Å². The molecule has 0 amide bonds.